The predicted octanol–water partition coefficient (Wildman–Crippen LogP) is -0.0716. The third kappa shape index (κ3) is 3.12. The number of aliphatic hydroxyl groups excluding tert-OH is 1. The van der Waals surface area contributed by atoms with Gasteiger partial charge < -0.3 is 15.3 Å². The van der Waals surface area contributed by atoms with Crippen molar-refractivity contribution in [3.63, 3.8) is 0 Å². The van der Waals surface area contributed by atoms with Crippen LogP contribution in [0.1, 0.15) is 5.56 Å². The number of aliphatic hydroxyl groups is 1. The Morgan fingerprint density at radius 3 is 2.90 bits per heavy atom. The molecule has 2 atom stereocenters. The van der Waals surface area contributed by atoms with E-state index in [-0.39, 0.29) is 24.1 Å². The largest absolute Gasteiger partial charge is 0.390 e. The van der Waals surface area contributed by atoms with E-state index in [1.165, 1.54) is 17.0 Å². The average Bonchev–Trinajstić information content (AvgIpc) is 2.84. The molecule has 0 radical (unpaired) electrons. The van der Waals surface area contributed by atoms with Crippen LogP contribution in [0.5, 0.6) is 0 Å². The Labute approximate surface area is 116 Å². The molecule has 2 N–H and O–H groups in total. The molecule has 1 aromatic rings. The topological polar surface area (TPSA) is 95.7 Å². The maximum atomic E-state index is 12.1. The lowest BCUT2D eigenvalue weighted by Crippen LogP contribution is -2.44. The molecule has 1 amide bonds. The number of non-ortho nitro benzene ring substituents is 1. The molecule has 2 rings (SSSR count). The number of nitro benzene ring substituents is 1. The SMILES string of the molecule is CN(C(=O)Cc1cccc([N+](=O)[O-])c1)[C@@H]1CNC[C@H]1O. The first kappa shape index (κ1) is 14.4. The number of β-amino-alcohol motifs (C(OH)–C–C–N with tert-alkyl or cyclic N) is 1. The number of rotatable bonds is 4. The molecule has 7 heteroatoms. The molecule has 0 saturated carbocycles. The van der Waals surface area contributed by atoms with E-state index in [0.717, 1.165) is 0 Å². The van der Waals surface area contributed by atoms with Crippen molar-refractivity contribution in [1.82, 2.24) is 10.2 Å². The minimum absolute atomic E-state index is 0.0273. The summed E-state index contributed by atoms with van der Waals surface area (Å²) in [6.07, 6.45) is -0.490. The molecule has 1 aliphatic heterocycles. The van der Waals surface area contributed by atoms with E-state index in [1.54, 1.807) is 19.2 Å². The number of carbonyl (C=O) groups is 1. The highest BCUT2D eigenvalue weighted by atomic mass is 16.6. The summed E-state index contributed by atoms with van der Waals surface area (Å²) in [6, 6.07) is 5.79. The van der Waals surface area contributed by atoms with Crippen molar-refractivity contribution in [2.45, 2.75) is 18.6 Å². The summed E-state index contributed by atoms with van der Waals surface area (Å²) < 4.78 is 0. The van der Waals surface area contributed by atoms with Crippen LogP contribution in [0.3, 0.4) is 0 Å². The van der Waals surface area contributed by atoms with Gasteiger partial charge in [0.05, 0.1) is 23.5 Å². The molecule has 1 heterocycles. The number of hydrogen-bond acceptors (Lipinski definition) is 5. The van der Waals surface area contributed by atoms with Crippen molar-refractivity contribution >= 4 is 11.6 Å². The summed E-state index contributed by atoms with van der Waals surface area (Å²) in [4.78, 5) is 23.9. The smallest absolute Gasteiger partial charge is 0.269 e. The maximum Gasteiger partial charge on any atom is 0.269 e. The summed E-state index contributed by atoms with van der Waals surface area (Å²) in [5.41, 5.74) is 0.567. The fourth-order valence-corrected chi connectivity index (χ4v) is 2.31. The van der Waals surface area contributed by atoms with Crippen LogP contribution in [0.2, 0.25) is 0 Å². The number of carbonyl (C=O) groups excluding carboxylic acids is 1. The molecule has 1 aromatic carbocycles. The number of nitrogens with one attached hydrogen (secondary N) is 1. The first-order valence-corrected chi connectivity index (χ1v) is 6.37. The Bertz CT molecular complexity index is 520. The van der Waals surface area contributed by atoms with E-state index in [0.29, 0.717) is 18.7 Å². The van der Waals surface area contributed by atoms with Crippen LogP contribution in [-0.2, 0) is 11.2 Å². The zero-order chi connectivity index (χ0) is 14.7. The molecule has 0 aliphatic carbocycles. The summed E-state index contributed by atoms with van der Waals surface area (Å²) in [6.45, 7) is 1.03. The van der Waals surface area contributed by atoms with Gasteiger partial charge >= 0.3 is 0 Å². The number of nitro groups is 1. The van der Waals surface area contributed by atoms with Crippen molar-refractivity contribution in [3.05, 3.63) is 39.9 Å². The summed E-state index contributed by atoms with van der Waals surface area (Å²) in [7, 11) is 1.64. The standard InChI is InChI=1S/C13H17N3O4/c1-15(11-7-14-8-12(11)17)13(18)6-9-3-2-4-10(5-9)16(19)20/h2-5,11-12,14,17H,6-8H2,1H3/t11-,12-/m1/s1. The van der Waals surface area contributed by atoms with Crippen molar-refractivity contribution in [2.75, 3.05) is 20.1 Å². The lowest BCUT2D eigenvalue weighted by atomic mass is 10.1. The lowest BCUT2D eigenvalue weighted by Gasteiger charge is -2.26. The van der Waals surface area contributed by atoms with Gasteiger partial charge in [-0.25, -0.2) is 0 Å². The highest BCUT2D eigenvalue weighted by Gasteiger charge is 2.31. The average molecular weight is 279 g/mol. The molecule has 0 aromatic heterocycles. The quantitative estimate of drug-likeness (QED) is 0.594. The second-order valence-corrected chi connectivity index (χ2v) is 4.90. The normalized spacial score (nSPS) is 21.7. The monoisotopic (exact) mass is 279 g/mol. The zero-order valence-electron chi connectivity index (χ0n) is 11.2. The number of hydrogen-bond donors (Lipinski definition) is 2. The molecule has 0 bridgehead atoms. The van der Waals surface area contributed by atoms with Crippen molar-refractivity contribution < 1.29 is 14.8 Å². The minimum atomic E-state index is -0.575. The first-order chi connectivity index (χ1) is 9.49. The number of likely N-dealkylation sites (N-methyl/N-ethyl adjacent to an activating group) is 1. The van der Waals surface area contributed by atoms with Crippen LogP contribution in [-0.4, -0.2) is 53.1 Å². The molecule has 0 spiro atoms. The Balaban J connectivity index is 2.04. The maximum absolute atomic E-state index is 12.1. The van der Waals surface area contributed by atoms with E-state index < -0.39 is 11.0 Å². The van der Waals surface area contributed by atoms with Crippen LogP contribution >= 0.6 is 0 Å². The molecule has 20 heavy (non-hydrogen) atoms. The van der Waals surface area contributed by atoms with Gasteiger partial charge in [0.25, 0.3) is 5.69 Å². The van der Waals surface area contributed by atoms with Gasteiger partial charge in [-0.1, -0.05) is 12.1 Å². The van der Waals surface area contributed by atoms with Gasteiger partial charge in [-0.3, -0.25) is 14.9 Å². The second kappa shape index (κ2) is 5.98. The van der Waals surface area contributed by atoms with Crippen LogP contribution in [0.4, 0.5) is 5.69 Å². The molecule has 7 nitrogen and oxygen atoms in total. The first-order valence-electron chi connectivity index (χ1n) is 6.37. The van der Waals surface area contributed by atoms with Crippen LogP contribution in [0.15, 0.2) is 24.3 Å². The second-order valence-electron chi connectivity index (χ2n) is 4.90. The molecular weight excluding hydrogens is 262 g/mol. The van der Waals surface area contributed by atoms with Crippen molar-refractivity contribution in [1.29, 1.82) is 0 Å². The van der Waals surface area contributed by atoms with Gasteiger partial charge in [0.1, 0.15) is 0 Å². The number of nitrogens with zero attached hydrogens (tertiary/aromatic N) is 2. The van der Waals surface area contributed by atoms with E-state index in [9.17, 15) is 20.0 Å². The lowest BCUT2D eigenvalue weighted by molar-refractivity contribution is -0.384. The van der Waals surface area contributed by atoms with Gasteiger partial charge in [0.15, 0.2) is 0 Å². The van der Waals surface area contributed by atoms with E-state index >= 15 is 0 Å². The van der Waals surface area contributed by atoms with Crippen LogP contribution < -0.4 is 5.32 Å². The van der Waals surface area contributed by atoms with Gasteiger partial charge in [-0.2, -0.15) is 0 Å². The predicted molar refractivity (Wildman–Crippen MR) is 72.2 cm³/mol. The Kier molecular flexibility index (Phi) is 4.31. The Morgan fingerprint density at radius 1 is 1.55 bits per heavy atom. The van der Waals surface area contributed by atoms with Crippen LogP contribution in [0.25, 0.3) is 0 Å². The van der Waals surface area contributed by atoms with Gasteiger partial charge in [0.2, 0.25) is 5.91 Å². The molecular formula is C13H17N3O4. The molecule has 1 fully saturated rings. The third-order valence-corrected chi connectivity index (χ3v) is 3.52. The fourth-order valence-electron chi connectivity index (χ4n) is 2.31. The Hall–Kier alpha value is -1.99. The fraction of sp³-hybridized carbons (Fsp3) is 0.462. The number of benzene rings is 1. The molecule has 1 aliphatic rings. The van der Waals surface area contributed by atoms with Gasteiger partial charge in [-0.15, -0.1) is 0 Å². The summed E-state index contributed by atoms with van der Waals surface area (Å²) in [5, 5.41) is 23.5. The highest BCUT2D eigenvalue weighted by Crippen LogP contribution is 2.15. The zero-order valence-corrected chi connectivity index (χ0v) is 11.2. The van der Waals surface area contributed by atoms with Crippen LogP contribution in [0, 0.1) is 10.1 Å². The molecule has 0 unspecified atom stereocenters. The van der Waals surface area contributed by atoms with E-state index in [1.807, 2.05) is 0 Å². The summed E-state index contributed by atoms with van der Waals surface area (Å²) >= 11 is 0. The van der Waals surface area contributed by atoms with Crippen molar-refractivity contribution in [3.8, 4) is 0 Å². The molecule has 108 valence electrons. The van der Waals surface area contributed by atoms with Crippen molar-refractivity contribution in [2.24, 2.45) is 0 Å². The highest BCUT2D eigenvalue weighted by molar-refractivity contribution is 5.79. The van der Waals surface area contributed by atoms with E-state index in [4.69, 9.17) is 0 Å². The molecule has 1 saturated heterocycles. The minimum Gasteiger partial charge on any atom is -0.390 e. The third-order valence-electron chi connectivity index (χ3n) is 3.52. The number of amides is 1. The van der Waals surface area contributed by atoms with Gasteiger partial charge in [-0.05, 0) is 5.56 Å². The Morgan fingerprint density at radius 2 is 2.30 bits per heavy atom. The van der Waals surface area contributed by atoms with E-state index in [2.05, 4.69) is 5.32 Å². The van der Waals surface area contributed by atoms with Gasteiger partial charge in [0, 0.05) is 32.3 Å². The summed E-state index contributed by atoms with van der Waals surface area (Å²) in [5.74, 6) is -0.168.